The van der Waals surface area contributed by atoms with Crippen molar-refractivity contribution in [2.75, 3.05) is 0 Å². The Kier molecular flexibility index (Phi) is 3.60. The largest absolute Gasteiger partial charge is 0.404 e. The first-order valence-corrected chi connectivity index (χ1v) is 8.12. The fraction of sp³-hybridized carbons (Fsp3) is 0.364. The summed E-state index contributed by atoms with van der Waals surface area (Å²) in [5.74, 6) is 0. The zero-order chi connectivity index (χ0) is 10.6. The van der Waals surface area contributed by atoms with Gasteiger partial charge in [0.25, 0.3) is 0 Å². The molecule has 2 nitrogen and oxygen atoms in total. The average Bonchev–Trinajstić information content (AvgIpc) is 2.14. The van der Waals surface area contributed by atoms with Crippen LogP contribution < -0.4 is 0 Å². The van der Waals surface area contributed by atoms with Crippen LogP contribution in [0.3, 0.4) is 0 Å². The Hall–Kier alpha value is -0.933. The summed E-state index contributed by atoms with van der Waals surface area (Å²) in [6.45, 7) is 6.23. The lowest BCUT2D eigenvalue weighted by molar-refractivity contribution is -0.114. The van der Waals surface area contributed by atoms with Crippen LogP contribution in [0, 0.1) is 0 Å². The van der Waals surface area contributed by atoms with Crippen molar-refractivity contribution >= 4 is 14.6 Å². The molecule has 0 aliphatic rings. The molecular weight excluding hydrogens is 192 g/mol. The molecule has 0 heterocycles. The van der Waals surface area contributed by atoms with Crippen molar-refractivity contribution in [1.29, 1.82) is 0 Å². The lowest BCUT2D eigenvalue weighted by Gasteiger charge is -2.22. The van der Waals surface area contributed by atoms with Gasteiger partial charge in [0.05, 0.1) is 0 Å². The third kappa shape index (κ3) is 3.44. The molecule has 0 aliphatic heterocycles. The van der Waals surface area contributed by atoms with E-state index in [9.17, 15) is 4.79 Å². The molecule has 0 saturated carbocycles. The van der Waals surface area contributed by atoms with Gasteiger partial charge < -0.3 is 9.22 Å². The maximum atomic E-state index is 10.9. The number of hydrogen-bond donors (Lipinski definition) is 0. The van der Waals surface area contributed by atoms with Crippen LogP contribution in [0.15, 0.2) is 30.3 Å². The highest BCUT2D eigenvalue weighted by Crippen LogP contribution is 2.19. The standard InChI is InChI=1S/C11H16O2Si/c1-14(2,3)13-11(9-12)10-7-5-4-6-8-10/h4-9,11H,1-3H3. The molecule has 3 heteroatoms. The molecule has 0 saturated heterocycles. The predicted molar refractivity (Wildman–Crippen MR) is 59.7 cm³/mol. The first-order chi connectivity index (χ1) is 6.53. The number of aldehydes is 1. The van der Waals surface area contributed by atoms with Crippen LogP contribution in [0.2, 0.25) is 19.6 Å². The fourth-order valence-corrected chi connectivity index (χ4v) is 2.15. The monoisotopic (exact) mass is 208 g/mol. The first-order valence-electron chi connectivity index (χ1n) is 4.71. The van der Waals surface area contributed by atoms with Crippen LogP contribution in [0.5, 0.6) is 0 Å². The number of carbonyl (C=O) groups is 1. The van der Waals surface area contributed by atoms with E-state index >= 15 is 0 Å². The topological polar surface area (TPSA) is 26.3 Å². The van der Waals surface area contributed by atoms with Gasteiger partial charge in [-0.05, 0) is 25.2 Å². The Labute approximate surface area is 86.0 Å². The van der Waals surface area contributed by atoms with Crippen molar-refractivity contribution in [1.82, 2.24) is 0 Å². The van der Waals surface area contributed by atoms with E-state index in [0.717, 1.165) is 11.8 Å². The lowest BCUT2D eigenvalue weighted by Crippen LogP contribution is -2.28. The van der Waals surface area contributed by atoms with Crippen LogP contribution in [0.4, 0.5) is 0 Å². The van der Waals surface area contributed by atoms with Crippen LogP contribution in [-0.2, 0) is 9.22 Å². The van der Waals surface area contributed by atoms with Gasteiger partial charge in [0.2, 0.25) is 0 Å². The second-order valence-corrected chi connectivity index (χ2v) is 8.66. The van der Waals surface area contributed by atoms with E-state index in [-0.39, 0.29) is 0 Å². The van der Waals surface area contributed by atoms with Gasteiger partial charge in [-0.3, -0.25) is 0 Å². The molecular formula is C11H16O2Si. The smallest absolute Gasteiger partial charge is 0.185 e. The van der Waals surface area contributed by atoms with Crippen molar-refractivity contribution in [3.8, 4) is 0 Å². The van der Waals surface area contributed by atoms with Crippen molar-refractivity contribution in [2.24, 2.45) is 0 Å². The predicted octanol–water partition coefficient (Wildman–Crippen LogP) is 2.78. The maximum absolute atomic E-state index is 10.9. The van der Waals surface area contributed by atoms with Gasteiger partial charge in [0.1, 0.15) is 6.10 Å². The van der Waals surface area contributed by atoms with E-state index < -0.39 is 14.4 Å². The molecule has 1 rings (SSSR count). The molecule has 0 bridgehead atoms. The van der Waals surface area contributed by atoms with E-state index in [4.69, 9.17) is 4.43 Å². The van der Waals surface area contributed by atoms with Gasteiger partial charge in [-0.1, -0.05) is 30.3 Å². The zero-order valence-electron chi connectivity index (χ0n) is 8.86. The van der Waals surface area contributed by atoms with Crippen LogP contribution >= 0.6 is 0 Å². The molecule has 0 spiro atoms. The minimum atomic E-state index is -1.66. The molecule has 1 aromatic carbocycles. The molecule has 1 aromatic rings. The molecule has 76 valence electrons. The molecule has 0 aliphatic carbocycles. The highest BCUT2D eigenvalue weighted by atomic mass is 28.4. The summed E-state index contributed by atoms with van der Waals surface area (Å²) in [5.41, 5.74) is 0.935. The SMILES string of the molecule is C[Si](C)(C)OC(C=O)c1ccccc1. The third-order valence-corrected chi connectivity index (χ3v) is 2.69. The van der Waals surface area contributed by atoms with Crippen molar-refractivity contribution < 1.29 is 9.22 Å². The van der Waals surface area contributed by atoms with E-state index in [1.165, 1.54) is 0 Å². The van der Waals surface area contributed by atoms with E-state index in [1.807, 2.05) is 30.3 Å². The second-order valence-electron chi connectivity index (χ2n) is 4.20. The quantitative estimate of drug-likeness (QED) is 0.562. The number of carbonyl (C=O) groups excluding carboxylic acids is 1. The van der Waals surface area contributed by atoms with Crippen LogP contribution in [0.1, 0.15) is 11.7 Å². The Morgan fingerprint density at radius 1 is 1.21 bits per heavy atom. The van der Waals surface area contributed by atoms with Crippen LogP contribution in [-0.4, -0.2) is 14.6 Å². The van der Waals surface area contributed by atoms with Crippen LogP contribution in [0.25, 0.3) is 0 Å². The minimum absolute atomic E-state index is 0.400. The summed E-state index contributed by atoms with van der Waals surface area (Å²) >= 11 is 0. The zero-order valence-corrected chi connectivity index (χ0v) is 9.86. The van der Waals surface area contributed by atoms with E-state index in [1.54, 1.807) is 0 Å². The van der Waals surface area contributed by atoms with Gasteiger partial charge in [-0.2, -0.15) is 0 Å². The lowest BCUT2D eigenvalue weighted by atomic mass is 10.1. The molecule has 0 amide bonds. The Morgan fingerprint density at radius 3 is 2.21 bits per heavy atom. The molecule has 0 aromatic heterocycles. The van der Waals surface area contributed by atoms with Crippen molar-refractivity contribution in [3.05, 3.63) is 35.9 Å². The summed E-state index contributed by atoms with van der Waals surface area (Å²) in [6.07, 6.45) is 0.469. The summed E-state index contributed by atoms with van der Waals surface area (Å²) in [4.78, 5) is 10.9. The van der Waals surface area contributed by atoms with E-state index in [2.05, 4.69) is 19.6 Å². The molecule has 0 fully saturated rings. The fourth-order valence-electron chi connectivity index (χ4n) is 1.20. The highest BCUT2D eigenvalue weighted by molar-refractivity contribution is 6.69. The molecule has 1 unspecified atom stereocenters. The average molecular weight is 208 g/mol. The van der Waals surface area contributed by atoms with Gasteiger partial charge >= 0.3 is 0 Å². The molecule has 0 radical (unpaired) electrons. The normalized spacial score (nSPS) is 13.6. The molecule has 1 atom stereocenters. The van der Waals surface area contributed by atoms with Gasteiger partial charge in [0.15, 0.2) is 14.6 Å². The Morgan fingerprint density at radius 2 is 1.79 bits per heavy atom. The molecule has 0 N–H and O–H groups in total. The van der Waals surface area contributed by atoms with Crippen molar-refractivity contribution in [3.63, 3.8) is 0 Å². The Bertz CT molecular complexity index is 290. The van der Waals surface area contributed by atoms with Gasteiger partial charge in [-0.25, -0.2) is 0 Å². The highest BCUT2D eigenvalue weighted by Gasteiger charge is 2.21. The second kappa shape index (κ2) is 4.53. The number of benzene rings is 1. The van der Waals surface area contributed by atoms with Gasteiger partial charge in [0, 0.05) is 0 Å². The third-order valence-electron chi connectivity index (χ3n) is 1.73. The summed E-state index contributed by atoms with van der Waals surface area (Å²) < 4.78 is 5.74. The van der Waals surface area contributed by atoms with Crippen molar-refractivity contribution in [2.45, 2.75) is 25.7 Å². The summed E-state index contributed by atoms with van der Waals surface area (Å²) in [6, 6.07) is 9.59. The molecule has 14 heavy (non-hydrogen) atoms. The first kappa shape index (κ1) is 11.1. The van der Waals surface area contributed by atoms with Gasteiger partial charge in [-0.15, -0.1) is 0 Å². The summed E-state index contributed by atoms with van der Waals surface area (Å²) in [7, 11) is -1.66. The number of hydrogen-bond acceptors (Lipinski definition) is 2. The van der Waals surface area contributed by atoms with E-state index in [0.29, 0.717) is 0 Å². The minimum Gasteiger partial charge on any atom is -0.404 e. The Balaban J connectivity index is 2.78. The number of rotatable bonds is 4. The summed E-state index contributed by atoms with van der Waals surface area (Å²) in [5, 5.41) is 0. The maximum Gasteiger partial charge on any atom is 0.185 e.